The van der Waals surface area contributed by atoms with Crippen LogP contribution in [0, 0.1) is 39.9 Å². The molecule has 0 aliphatic heterocycles. The summed E-state index contributed by atoms with van der Waals surface area (Å²) in [5.74, 6) is 2.95. The first kappa shape index (κ1) is 16.0. The summed E-state index contributed by atoms with van der Waals surface area (Å²) >= 11 is 0. The number of ketones is 1. The van der Waals surface area contributed by atoms with Crippen LogP contribution in [0.5, 0.6) is 0 Å². The molecule has 7 atom stereocenters. The van der Waals surface area contributed by atoms with Crippen LogP contribution in [0.15, 0.2) is 23.8 Å². The van der Waals surface area contributed by atoms with Gasteiger partial charge < -0.3 is 4.79 Å². The minimum atomic E-state index is -0.123. The van der Waals surface area contributed by atoms with Gasteiger partial charge in [0.1, 0.15) is 6.29 Å². The molecule has 5 rings (SSSR count). The van der Waals surface area contributed by atoms with Crippen molar-refractivity contribution in [2.45, 2.75) is 65.2 Å². The molecule has 0 amide bonds. The highest BCUT2D eigenvalue weighted by molar-refractivity contribution is 5.91. The lowest BCUT2D eigenvalue weighted by atomic mass is 9.45. The summed E-state index contributed by atoms with van der Waals surface area (Å²) in [4.78, 5) is 24.2. The van der Waals surface area contributed by atoms with Gasteiger partial charge >= 0.3 is 0 Å². The van der Waals surface area contributed by atoms with Gasteiger partial charge in [-0.25, -0.2) is 0 Å². The van der Waals surface area contributed by atoms with Crippen LogP contribution in [0.3, 0.4) is 0 Å². The van der Waals surface area contributed by atoms with E-state index in [9.17, 15) is 9.59 Å². The largest absolute Gasteiger partial charge is 0.303 e. The molecule has 3 fully saturated rings. The Morgan fingerprint density at radius 2 is 1.96 bits per heavy atom. The maximum absolute atomic E-state index is 12.3. The Morgan fingerprint density at radius 3 is 2.76 bits per heavy atom. The number of rotatable bonds is 1. The summed E-state index contributed by atoms with van der Waals surface area (Å²) in [7, 11) is 0. The van der Waals surface area contributed by atoms with Gasteiger partial charge in [-0.2, -0.15) is 0 Å². The van der Waals surface area contributed by atoms with E-state index in [0.717, 1.165) is 31.6 Å². The van der Waals surface area contributed by atoms with Gasteiger partial charge in [-0.1, -0.05) is 31.6 Å². The number of allylic oxidation sites excluding steroid dienone is 3. The molecule has 0 spiro atoms. The summed E-state index contributed by atoms with van der Waals surface area (Å²) in [6, 6.07) is 0. The van der Waals surface area contributed by atoms with Crippen molar-refractivity contribution in [3.8, 4) is 0 Å². The van der Waals surface area contributed by atoms with E-state index in [0.29, 0.717) is 23.5 Å². The Labute approximate surface area is 151 Å². The fraction of sp³-hybridized carbons (Fsp3) is 0.739. The van der Waals surface area contributed by atoms with Crippen molar-refractivity contribution in [2.75, 3.05) is 0 Å². The molecule has 0 bridgehead atoms. The smallest absolute Gasteiger partial charge is 0.155 e. The molecule has 3 saturated carbocycles. The number of fused-ring (bicyclic) bond motifs is 7. The van der Waals surface area contributed by atoms with Gasteiger partial charge in [-0.15, -0.1) is 0 Å². The number of hydrogen-bond acceptors (Lipinski definition) is 2. The second kappa shape index (κ2) is 4.96. The molecule has 0 aromatic rings. The lowest BCUT2D eigenvalue weighted by Crippen LogP contribution is -2.53. The Morgan fingerprint density at radius 1 is 1.12 bits per heavy atom. The number of carbonyl (C=O) groups is 2. The van der Waals surface area contributed by atoms with Crippen molar-refractivity contribution >= 4 is 12.1 Å². The predicted molar refractivity (Wildman–Crippen MR) is 97.8 cm³/mol. The molecule has 5 aliphatic carbocycles. The maximum Gasteiger partial charge on any atom is 0.155 e. The predicted octanol–water partition coefficient (Wildman–Crippen LogP) is 4.89. The first-order valence-electron chi connectivity index (χ1n) is 10.3. The number of aldehydes is 1. The molecular formula is C23H30O2. The molecule has 5 aliphatic rings. The summed E-state index contributed by atoms with van der Waals surface area (Å²) in [5, 5.41) is 0. The minimum Gasteiger partial charge on any atom is -0.303 e. The van der Waals surface area contributed by atoms with E-state index in [1.807, 2.05) is 6.08 Å². The zero-order chi connectivity index (χ0) is 17.4. The van der Waals surface area contributed by atoms with Crippen LogP contribution in [-0.4, -0.2) is 12.1 Å². The summed E-state index contributed by atoms with van der Waals surface area (Å²) in [5.41, 5.74) is 1.73. The third kappa shape index (κ3) is 1.77. The maximum atomic E-state index is 12.3. The molecule has 5 unspecified atom stereocenters. The van der Waals surface area contributed by atoms with Crippen molar-refractivity contribution < 1.29 is 9.59 Å². The monoisotopic (exact) mass is 338 g/mol. The van der Waals surface area contributed by atoms with Crippen LogP contribution in [0.2, 0.25) is 0 Å². The van der Waals surface area contributed by atoms with Crippen molar-refractivity contribution in [2.24, 2.45) is 39.9 Å². The van der Waals surface area contributed by atoms with Crippen LogP contribution in [0.4, 0.5) is 0 Å². The molecule has 0 aromatic carbocycles. The van der Waals surface area contributed by atoms with Gasteiger partial charge in [-0.05, 0) is 85.5 Å². The molecule has 2 heteroatoms. The molecule has 25 heavy (non-hydrogen) atoms. The quantitative estimate of drug-likeness (QED) is 0.504. The number of carbonyl (C=O) groups excluding carboxylic acids is 2. The van der Waals surface area contributed by atoms with Crippen LogP contribution in [-0.2, 0) is 9.59 Å². The van der Waals surface area contributed by atoms with Crippen molar-refractivity contribution in [1.82, 2.24) is 0 Å². The summed E-state index contributed by atoms with van der Waals surface area (Å²) in [6.45, 7) is 4.88. The standard InChI is InChI=1S/C23H30O2/c1-21-10-7-17(25)12-15(21)5-6-18-19(21)8-11-22(2)20(18)13-16-4-3-9-23(16,22)14-24/h3-4,12,14,16,18-20H,5-11,13H2,1-2H3/t16?,18?,19?,20?,21-,22-,23?/m0/s1. The average Bonchev–Trinajstić information content (AvgIpc) is 3.11. The van der Waals surface area contributed by atoms with E-state index in [4.69, 9.17) is 0 Å². The molecule has 0 aromatic heterocycles. The lowest BCUT2D eigenvalue weighted by Gasteiger charge is -2.59. The van der Waals surface area contributed by atoms with E-state index in [2.05, 4.69) is 26.0 Å². The van der Waals surface area contributed by atoms with Crippen molar-refractivity contribution in [1.29, 1.82) is 0 Å². The SMILES string of the molecule is C[C@]12CCC(=O)C=C1CCC1C2CC[C@@]2(C)C1CC1C=CCC12C=O. The second-order valence-electron chi connectivity index (χ2n) is 10.1. The topological polar surface area (TPSA) is 34.1 Å². The Kier molecular flexibility index (Phi) is 3.18. The summed E-state index contributed by atoms with van der Waals surface area (Å²) in [6.07, 6.45) is 16.6. The highest BCUT2D eigenvalue weighted by atomic mass is 16.1. The molecule has 0 radical (unpaired) electrons. The average molecular weight is 338 g/mol. The van der Waals surface area contributed by atoms with Crippen LogP contribution < -0.4 is 0 Å². The molecule has 134 valence electrons. The molecule has 0 saturated heterocycles. The lowest BCUT2D eigenvalue weighted by molar-refractivity contribution is -0.132. The summed E-state index contributed by atoms with van der Waals surface area (Å²) < 4.78 is 0. The second-order valence-corrected chi connectivity index (χ2v) is 10.1. The first-order chi connectivity index (χ1) is 11.9. The van der Waals surface area contributed by atoms with Crippen LogP contribution in [0.1, 0.15) is 65.2 Å². The first-order valence-corrected chi connectivity index (χ1v) is 10.3. The van der Waals surface area contributed by atoms with E-state index in [-0.39, 0.29) is 16.2 Å². The molecule has 0 N–H and O–H groups in total. The Balaban J connectivity index is 1.54. The minimum absolute atomic E-state index is 0.123. The van der Waals surface area contributed by atoms with Gasteiger partial charge in [-0.3, -0.25) is 4.79 Å². The highest BCUT2D eigenvalue weighted by Gasteiger charge is 2.67. The third-order valence-corrected chi connectivity index (χ3v) is 9.62. The van der Waals surface area contributed by atoms with Crippen LogP contribution in [0.25, 0.3) is 0 Å². The van der Waals surface area contributed by atoms with E-state index >= 15 is 0 Å². The van der Waals surface area contributed by atoms with Crippen LogP contribution >= 0.6 is 0 Å². The van der Waals surface area contributed by atoms with Gasteiger partial charge in [0.2, 0.25) is 0 Å². The van der Waals surface area contributed by atoms with Gasteiger partial charge in [0, 0.05) is 11.8 Å². The Hall–Kier alpha value is -1.18. The van der Waals surface area contributed by atoms with Crippen molar-refractivity contribution in [3.05, 3.63) is 23.8 Å². The molecule has 2 nitrogen and oxygen atoms in total. The third-order valence-electron chi connectivity index (χ3n) is 9.62. The van der Waals surface area contributed by atoms with E-state index in [1.165, 1.54) is 37.5 Å². The fourth-order valence-electron chi connectivity index (χ4n) is 8.13. The Bertz CT molecular complexity index is 703. The molecular weight excluding hydrogens is 308 g/mol. The normalized spacial score (nSPS) is 53.5. The molecule has 0 heterocycles. The van der Waals surface area contributed by atoms with Gasteiger partial charge in [0.25, 0.3) is 0 Å². The van der Waals surface area contributed by atoms with E-state index in [1.54, 1.807) is 0 Å². The number of hydrogen-bond donors (Lipinski definition) is 0. The zero-order valence-corrected chi connectivity index (χ0v) is 15.6. The van der Waals surface area contributed by atoms with Crippen molar-refractivity contribution in [3.63, 3.8) is 0 Å². The van der Waals surface area contributed by atoms with E-state index < -0.39 is 0 Å². The zero-order valence-electron chi connectivity index (χ0n) is 15.6. The highest BCUT2D eigenvalue weighted by Crippen LogP contribution is 2.72. The van der Waals surface area contributed by atoms with Gasteiger partial charge in [0.15, 0.2) is 5.78 Å². The van der Waals surface area contributed by atoms with Gasteiger partial charge in [0.05, 0.1) is 0 Å². The fourth-order valence-corrected chi connectivity index (χ4v) is 8.13.